The van der Waals surface area contributed by atoms with Gasteiger partial charge in [-0.3, -0.25) is 0 Å². The van der Waals surface area contributed by atoms with Crippen molar-refractivity contribution in [1.82, 2.24) is 0 Å². The molecule has 2 rings (SSSR count). The smallest absolute Gasteiger partial charge is 0.345 e. The van der Waals surface area contributed by atoms with Gasteiger partial charge >= 0.3 is 5.97 Å². The minimum absolute atomic E-state index is 0.357. The van der Waals surface area contributed by atoms with Gasteiger partial charge in [-0.25, -0.2) is 4.79 Å². The van der Waals surface area contributed by atoms with Crippen LogP contribution in [0.2, 0.25) is 0 Å². The largest absolute Gasteiger partial charge is 0.478 e. The third kappa shape index (κ3) is 3.60. The summed E-state index contributed by atoms with van der Waals surface area (Å²) >= 11 is 0. The highest BCUT2D eigenvalue weighted by Crippen LogP contribution is 2.17. The molecule has 0 unspecified atom stereocenters. The standard InChI is InChI=1S/C17H18O3/c1-12-7-9-15(10-8-12)20-16(17(18)19)11-14-6-4-3-5-13(14)2/h3-10,16H,11H2,1-2H3,(H,18,19)/t16-/m1/s1. The number of carbonyl (C=O) groups is 1. The van der Waals surface area contributed by atoms with Crippen LogP contribution in [-0.4, -0.2) is 17.2 Å². The van der Waals surface area contributed by atoms with Gasteiger partial charge < -0.3 is 9.84 Å². The first kappa shape index (κ1) is 14.1. The lowest BCUT2D eigenvalue weighted by Crippen LogP contribution is -2.29. The van der Waals surface area contributed by atoms with Crippen molar-refractivity contribution in [2.75, 3.05) is 0 Å². The minimum atomic E-state index is -0.950. The molecule has 0 fully saturated rings. The van der Waals surface area contributed by atoms with Crippen molar-refractivity contribution >= 4 is 5.97 Å². The maximum atomic E-state index is 11.4. The minimum Gasteiger partial charge on any atom is -0.478 e. The zero-order valence-corrected chi connectivity index (χ0v) is 11.7. The van der Waals surface area contributed by atoms with Crippen LogP contribution in [0.1, 0.15) is 16.7 Å². The van der Waals surface area contributed by atoms with E-state index in [1.807, 2.05) is 50.2 Å². The Morgan fingerprint density at radius 2 is 1.75 bits per heavy atom. The van der Waals surface area contributed by atoms with Gasteiger partial charge in [-0.05, 0) is 37.1 Å². The summed E-state index contributed by atoms with van der Waals surface area (Å²) in [7, 11) is 0. The Labute approximate surface area is 118 Å². The van der Waals surface area contributed by atoms with E-state index in [2.05, 4.69) is 0 Å². The molecule has 20 heavy (non-hydrogen) atoms. The Hall–Kier alpha value is -2.29. The second-order valence-electron chi connectivity index (χ2n) is 4.89. The normalized spacial score (nSPS) is 11.9. The van der Waals surface area contributed by atoms with E-state index in [4.69, 9.17) is 4.74 Å². The van der Waals surface area contributed by atoms with E-state index >= 15 is 0 Å². The first-order chi connectivity index (χ1) is 9.56. The quantitative estimate of drug-likeness (QED) is 0.906. The SMILES string of the molecule is Cc1ccc(O[C@H](Cc2ccccc2C)C(=O)O)cc1. The van der Waals surface area contributed by atoms with Crippen LogP contribution in [0.3, 0.4) is 0 Å². The first-order valence-electron chi connectivity index (χ1n) is 6.57. The monoisotopic (exact) mass is 270 g/mol. The highest BCUT2D eigenvalue weighted by atomic mass is 16.5. The summed E-state index contributed by atoms with van der Waals surface area (Å²) in [5.74, 6) is -0.370. The molecule has 0 amide bonds. The molecule has 0 aliphatic heterocycles. The van der Waals surface area contributed by atoms with Crippen LogP contribution in [0.25, 0.3) is 0 Å². The molecule has 0 saturated carbocycles. The molecule has 0 aromatic heterocycles. The highest BCUT2D eigenvalue weighted by molar-refractivity contribution is 5.73. The number of carboxylic acid groups (broad SMARTS) is 1. The number of rotatable bonds is 5. The van der Waals surface area contributed by atoms with Gasteiger partial charge in [0.2, 0.25) is 0 Å². The second kappa shape index (κ2) is 6.24. The maximum absolute atomic E-state index is 11.4. The summed E-state index contributed by atoms with van der Waals surface area (Å²) in [5.41, 5.74) is 3.18. The molecule has 0 bridgehead atoms. The predicted octanol–water partition coefficient (Wildman–Crippen LogP) is 3.38. The van der Waals surface area contributed by atoms with E-state index in [0.717, 1.165) is 16.7 Å². The van der Waals surface area contributed by atoms with Gasteiger partial charge in [0.1, 0.15) is 5.75 Å². The van der Waals surface area contributed by atoms with Crippen LogP contribution in [-0.2, 0) is 11.2 Å². The van der Waals surface area contributed by atoms with Crippen molar-refractivity contribution in [3.05, 3.63) is 65.2 Å². The summed E-state index contributed by atoms with van der Waals surface area (Å²) < 4.78 is 5.59. The number of aliphatic carboxylic acids is 1. The van der Waals surface area contributed by atoms with E-state index in [1.54, 1.807) is 12.1 Å². The van der Waals surface area contributed by atoms with E-state index in [1.165, 1.54) is 0 Å². The molecule has 1 N–H and O–H groups in total. The summed E-state index contributed by atoms with van der Waals surface area (Å²) in [4.78, 5) is 11.4. The summed E-state index contributed by atoms with van der Waals surface area (Å²) in [5, 5.41) is 9.32. The number of hydrogen-bond donors (Lipinski definition) is 1. The molecule has 1 atom stereocenters. The zero-order valence-electron chi connectivity index (χ0n) is 11.7. The average molecular weight is 270 g/mol. The van der Waals surface area contributed by atoms with Crippen LogP contribution in [0, 0.1) is 13.8 Å². The fourth-order valence-corrected chi connectivity index (χ4v) is 2.00. The molecule has 2 aromatic rings. The number of benzene rings is 2. The molecule has 3 heteroatoms. The number of carboxylic acids is 1. The van der Waals surface area contributed by atoms with Gasteiger partial charge in [0.15, 0.2) is 6.10 Å². The van der Waals surface area contributed by atoms with E-state index in [0.29, 0.717) is 12.2 Å². The molecule has 2 aromatic carbocycles. The third-order valence-corrected chi connectivity index (χ3v) is 3.24. The Morgan fingerprint density at radius 3 is 2.35 bits per heavy atom. The van der Waals surface area contributed by atoms with E-state index in [9.17, 15) is 9.90 Å². The van der Waals surface area contributed by atoms with Gasteiger partial charge in [0, 0.05) is 6.42 Å². The first-order valence-corrected chi connectivity index (χ1v) is 6.57. The Balaban J connectivity index is 2.14. The molecule has 104 valence electrons. The molecular weight excluding hydrogens is 252 g/mol. The molecule has 0 saturated heterocycles. The van der Waals surface area contributed by atoms with Crippen LogP contribution >= 0.6 is 0 Å². The molecule has 0 aliphatic carbocycles. The fraction of sp³-hybridized carbons (Fsp3) is 0.235. The Morgan fingerprint density at radius 1 is 1.10 bits per heavy atom. The van der Waals surface area contributed by atoms with Crippen LogP contribution in [0.5, 0.6) is 5.75 Å². The molecule has 0 spiro atoms. The summed E-state index contributed by atoms with van der Waals surface area (Å²) in [6.45, 7) is 3.95. The Kier molecular flexibility index (Phi) is 4.41. The lowest BCUT2D eigenvalue weighted by molar-refractivity contribution is -0.145. The van der Waals surface area contributed by atoms with Gasteiger partial charge in [-0.2, -0.15) is 0 Å². The zero-order chi connectivity index (χ0) is 14.5. The number of aryl methyl sites for hydroxylation is 2. The molecular formula is C17H18O3. The van der Waals surface area contributed by atoms with Crippen molar-refractivity contribution in [2.24, 2.45) is 0 Å². The number of hydrogen-bond acceptors (Lipinski definition) is 2. The van der Waals surface area contributed by atoms with Gasteiger partial charge in [-0.1, -0.05) is 42.0 Å². The highest BCUT2D eigenvalue weighted by Gasteiger charge is 2.20. The van der Waals surface area contributed by atoms with E-state index in [-0.39, 0.29) is 0 Å². The van der Waals surface area contributed by atoms with Crippen LogP contribution in [0.4, 0.5) is 0 Å². The second-order valence-corrected chi connectivity index (χ2v) is 4.89. The Bertz CT molecular complexity index is 587. The van der Waals surface area contributed by atoms with Crippen molar-refractivity contribution in [1.29, 1.82) is 0 Å². The topological polar surface area (TPSA) is 46.5 Å². The van der Waals surface area contributed by atoms with Crippen molar-refractivity contribution in [2.45, 2.75) is 26.4 Å². The predicted molar refractivity (Wildman–Crippen MR) is 78.1 cm³/mol. The van der Waals surface area contributed by atoms with Crippen LogP contribution < -0.4 is 4.74 Å². The lowest BCUT2D eigenvalue weighted by Gasteiger charge is -2.16. The van der Waals surface area contributed by atoms with Gasteiger partial charge in [0.25, 0.3) is 0 Å². The maximum Gasteiger partial charge on any atom is 0.345 e. The average Bonchev–Trinajstić information content (AvgIpc) is 2.42. The van der Waals surface area contributed by atoms with Crippen molar-refractivity contribution in [3.8, 4) is 5.75 Å². The molecule has 0 radical (unpaired) electrons. The third-order valence-electron chi connectivity index (χ3n) is 3.24. The molecule has 0 aliphatic rings. The summed E-state index contributed by atoms with van der Waals surface area (Å²) in [6.07, 6.45) is -0.519. The van der Waals surface area contributed by atoms with Gasteiger partial charge in [-0.15, -0.1) is 0 Å². The van der Waals surface area contributed by atoms with Crippen molar-refractivity contribution < 1.29 is 14.6 Å². The summed E-state index contributed by atoms with van der Waals surface area (Å²) in [6, 6.07) is 15.2. The molecule has 3 nitrogen and oxygen atoms in total. The van der Waals surface area contributed by atoms with E-state index < -0.39 is 12.1 Å². The molecule has 0 heterocycles. The van der Waals surface area contributed by atoms with Gasteiger partial charge in [0.05, 0.1) is 0 Å². The lowest BCUT2D eigenvalue weighted by atomic mass is 10.0. The van der Waals surface area contributed by atoms with Crippen LogP contribution in [0.15, 0.2) is 48.5 Å². The van der Waals surface area contributed by atoms with Crippen molar-refractivity contribution in [3.63, 3.8) is 0 Å². The fourth-order valence-electron chi connectivity index (χ4n) is 2.00. The number of ether oxygens (including phenoxy) is 1.